The summed E-state index contributed by atoms with van der Waals surface area (Å²) in [4.78, 5) is 8.37. The van der Waals surface area contributed by atoms with Gasteiger partial charge in [-0.3, -0.25) is 9.97 Å². The van der Waals surface area contributed by atoms with Crippen LogP contribution in [0.1, 0.15) is 41.5 Å². The average Bonchev–Trinajstić information content (AvgIpc) is 2.86. The second kappa shape index (κ2) is 12.8. The predicted molar refractivity (Wildman–Crippen MR) is 117 cm³/mol. The number of hydrogen-bond acceptors (Lipinski definition) is 3. The molecule has 1 aliphatic rings. The Hall–Kier alpha value is -1.58. The number of nitriles is 1. The van der Waals surface area contributed by atoms with Gasteiger partial charge in [-0.15, -0.1) is 0 Å². The van der Waals surface area contributed by atoms with E-state index in [1.54, 1.807) is 18.5 Å². The van der Waals surface area contributed by atoms with Gasteiger partial charge in [-0.25, -0.2) is 0 Å². The van der Waals surface area contributed by atoms with Crippen molar-refractivity contribution in [3.05, 3.63) is 78.4 Å². The van der Waals surface area contributed by atoms with E-state index in [2.05, 4.69) is 44.6 Å². The van der Waals surface area contributed by atoms with E-state index in [1.165, 1.54) is 36.5 Å². The second-order valence-electron chi connectivity index (χ2n) is 6.74. The zero-order valence-electron chi connectivity index (χ0n) is 19.0. The van der Waals surface area contributed by atoms with Crippen LogP contribution in [0.25, 0.3) is 11.4 Å². The standard InChI is InChI=1S/C10H8N2.C10H15.C2H3N.F6P.Ru/c1-3-7-11-9(5-1)10-6-2-4-8-12-10;1-6-7(2)9(4)10(5)8(6)3;1-2-3;1-7(2,3,4,5)6;/h1-8H;1-5H3;1H3;;/q;;;-1;+2. The first-order valence-electron chi connectivity index (χ1n) is 9.28. The second-order valence-corrected chi connectivity index (χ2v) is 8.65. The smallest absolute Gasteiger partial charge is 0.255 e. The van der Waals surface area contributed by atoms with Crippen molar-refractivity contribution in [2.45, 2.75) is 41.5 Å². The van der Waals surface area contributed by atoms with Gasteiger partial charge in [0.1, 0.15) is 0 Å². The van der Waals surface area contributed by atoms with Crippen molar-refractivity contribution in [1.82, 2.24) is 9.97 Å². The van der Waals surface area contributed by atoms with Gasteiger partial charge in [0.2, 0.25) is 0 Å². The molecule has 0 spiro atoms. The number of nitrogens with zero attached hydrogens (tertiary/aromatic N) is 3. The van der Waals surface area contributed by atoms with Gasteiger partial charge in [0.05, 0.1) is 17.5 Å². The molecule has 0 saturated heterocycles. The monoisotopic (exact) mass is 579 g/mol. The molecule has 5 radical (unpaired) electrons. The largest absolute Gasteiger partial charge is 2.00 e. The first kappa shape index (κ1) is 33.6. The third-order valence-electron chi connectivity index (χ3n) is 4.40. The first-order valence-corrected chi connectivity index (χ1v) is 11.3. The van der Waals surface area contributed by atoms with Gasteiger partial charge < -0.3 is 0 Å². The molecule has 3 rings (SSSR count). The third kappa shape index (κ3) is 16.6. The minimum atomic E-state index is -10.7. The molecule has 0 amide bonds. The predicted octanol–water partition coefficient (Wildman–Crippen LogP) is 9.03. The van der Waals surface area contributed by atoms with E-state index in [9.17, 15) is 25.2 Å². The number of aromatic nitrogens is 2. The van der Waals surface area contributed by atoms with E-state index in [0.717, 1.165) is 11.4 Å². The van der Waals surface area contributed by atoms with E-state index in [-0.39, 0.29) is 19.5 Å². The Morgan fingerprint density at radius 3 is 1.00 bits per heavy atom. The molecule has 11 heteroatoms. The summed E-state index contributed by atoms with van der Waals surface area (Å²) in [6.07, 6.45) is 3.54. The van der Waals surface area contributed by atoms with Crippen LogP contribution in [0.3, 0.4) is 0 Å². The van der Waals surface area contributed by atoms with Gasteiger partial charge in [-0.05, 0) is 53.9 Å². The van der Waals surface area contributed by atoms with Crippen LogP contribution in [0.4, 0.5) is 25.2 Å². The van der Waals surface area contributed by atoms with Gasteiger partial charge in [-0.2, -0.15) is 5.26 Å². The minimum Gasteiger partial charge on any atom is -0.255 e. The maximum absolute atomic E-state index is 10.7. The van der Waals surface area contributed by atoms with Gasteiger partial charge in [-0.1, -0.05) is 46.8 Å². The molecule has 2 aromatic heterocycles. The average molecular weight is 579 g/mol. The van der Waals surface area contributed by atoms with Crippen LogP contribution in [-0.4, -0.2) is 9.97 Å². The molecule has 1 aliphatic carbocycles. The van der Waals surface area contributed by atoms with Crippen molar-refractivity contribution in [3.63, 3.8) is 0 Å². The Labute approximate surface area is 205 Å². The molecule has 1 saturated carbocycles. The van der Waals surface area contributed by atoms with E-state index >= 15 is 0 Å². The fraction of sp³-hybridized carbons (Fsp3) is 0.273. The maximum atomic E-state index is 9.87. The number of halogens is 6. The molecule has 2 aromatic rings. The van der Waals surface area contributed by atoms with Crippen molar-refractivity contribution < 1.29 is 44.7 Å². The molecule has 0 bridgehead atoms. The Kier molecular flexibility index (Phi) is 13.0. The molecule has 1 fully saturated rings. The summed E-state index contributed by atoms with van der Waals surface area (Å²) in [5, 5.41) is 7.32. The maximum Gasteiger partial charge on any atom is 2.00 e. The van der Waals surface area contributed by atoms with Crippen molar-refractivity contribution in [2.75, 3.05) is 0 Å². The van der Waals surface area contributed by atoms with E-state index in [1.807, 2.05) is 36.4 Å². The van der Waals surface area contributed by atoms with Crippen LogP contribution in [0.2, 0.25) is 0 Å². The molecular weight excluding hydrogens is 552 g/mol. The van der Waals surface area contributed by atoms with Crippen molar-refractivity contribution in [1.29, 1.82) is 5.26 Å². The summed E-state index contributed by atoms with van der Waals surface area (Å²) in [6, 6.07) is 13.3. The summed E-state index contributed by atoms with van der Waals surface area (Å²) in [6.45, 7) is 12.4. The SMILES string of the molecule is CC#N.C[C]1[C](C)[C](C)[C](C)[C]1C.F[P-](F)(F)(F)(F)F.[Ru+2].c1ccc(-c2ccccn2)nc1. The number of rotatable bonds is 1. The molecule has 0 aromatic carbocycles. The van der Waals surface area contributed by atoms with Crippen LogP contribution in [0, 0.1) is 40.9 Å². The number of hydrogen-bond donors (Lipinski definition) is 0. The van der Waals surface area contributed by atoms with Crippen molar-refractivity contribution in [2.24, 2.45) is 0 Å². The van der Waals surface area contributed by atoms with E-state index < -0.39 is 7.81 Å². The number of pyridine rings is 2. The van der Waals surface area contributed by atoms with Crippen LogP contribution >= 0.6 is 7.81 Å². The van der Waals surface area contributed by atoms with Gasteiger partial charge in [0.25, 0.3) is 0 Å². The van der Waals surface area contributed by atoms with Crippen LogP contribution in [0.15, 0.2) is 48.8 Å². The molecular formula is C22H26F6N3PRu+. The van der Waals surface area contributed by atoms with E-state index in [0.29, 0.717) is 0 Å². The molecule has 33 heavy (non-hydrogen) atoms. The third-order valence-corrected chi connectivity index (χ3v) is 4.40. The van der Waals surface area contributed by atoms with Gasteiger partial charge in [0, 0.05) is 19.3 Å². The molecule has 0 N–H and O–H groups in total. The van der Waals surface area contributed by atoms with Gasteiger partial charge in [0.15, 0.2) is 0 Å². The quantitative estimate of drug-likeness (QED) is 0.193. The molecule has 0 aliphatic heterocycles. The van der Waals surface area contributed by atoms with Crippen molar-refractivity contribution >= 4 is 7.81 Å². The fourth-order valence-corrected chi connectivity index (χ4v) is 2.43. The van der Waals surface area contributed by atoms with Crippen LogP contribution < -0.4 is 0 Å². The molecule has 183 valence electrons. The zero-order valence-corrected chi connectivity index (χ0v) is 21.7. The van der Waals surface area contributed by atoms with E-state index in [4.69, 9.17) is 5.26 Å². The molecule has 3 nitrogen and oxygen atoms in total. The van der Waals surface area contributed by atoms with Crippen LogP contribution in [0.5, 0.6) is 0 Å². The Bertz CT molecular complexity index is 752. The zero-order chi connectivity index (χ0) is 25.2. The summed E-state index contributed by atoms with van der Waals surface area (Å²) < 4.78 is 59.2. The summed E-state index contributed by atoms with van der Waals surface area (Å²) >= 11 is 0. The summed E-state index contributed by atoms with van der Waals surface area (Å²) in [7, 11) is -10.7. The Morgan fingerprint density at radius 2 is 0.848 bits per heavy atom. The van der Waals surface area contributed by atoms with Gasteiger partial charge >= 0.3 is 52.5 Å². The topological polar surface area (TPSA) is 49.6 Å². The Morgan fingerprint density at radius 1 is 0.636 bits per heavy atom. The fourth-order valence-electron chi connectivity index (χ4n) is 2.43. The first-order chi connectivity index (χ1) is 14.4. The van der Waals surface area contributed by atoms with Crippen molar-refractivity contribution in [3.8, 4) is 17.5 Å². The Balaban J connectivity index is 0. The minimum absolute atomic E-state index is 0. The molecule has 2 heterocycles. The molecule has 0 atom stereocenters. The van der Waals surface area contributed by atoms with Crippen LogP contribution in [-0.2, 0) is 19.5 Å². The summed E-state index contributed by atoms with van der Waals surface area (Å²) in [5.41, 5.74) is 1.83. The summed E-state index contributed by atoms with van der Waals surface area (Å²) in [5.74, 6) is 7.34. The molecule has 0 unspecified atom stereocenters. The normalized spacial score (nSPS) is 17.3.